The summed E-state index contributed by atoms with van der Waals surface area (Å²) < 4.78 is 18.8. The molecule has 8 nitrogen and oxygen atoms in total. The lowest BCUT2D eigenvalue weighted by molar-refractivity contribution is 0.170. The summed E-state index contributed by atoms with van der Waals surface area (Å²) in [5, 5.41) is 12.5. The van der Waals surface area contributed by atoms with Crippen molar-refractivity contribution in [2.45, 2.75) is 12.5 Å². The van der Waals surface area contributed by atoms with Crippen LogP contribution < -0.4 is 14.2 Å². The van der Waals surface area contributed by atoms with Gasteiger partial charge in [-0.05, 0) is 47.7 Å². The van der Waals surface area contributed by atoms with E-state index in [4.69, 9.17) is 14.2 Å². The van der Waals surface area contributed by atoms with Crippen LogP contribution in [0.4, 0.5) is 0 Å². The number of aromatic nitrogens is 4. The van der Waals surface area contributed by atoms with Crippen molar-refractivity contribution in [3.63, 3.8) is 0 Å². The molecule has 1 atom stereocenters. The highest BCUT2D eigenvalue weighted by Crippen LogP contribution is 2.50. The number of hydrogen-bond acceptors (Lipinski definition) is 7. The van der Waals surface area contributed by atoms with Crippen molar-refractivity contribution in [2.24, 2.45) is 0 Å². The molecule has 0 N–H and O–H groups in total. The van der Waals surface area contributed by atoms with Crippen LogP contribution in [0.15, 0.2) is 36.4 Å². The molecule has 27 heavy (non-hydrogen) atoms. The van der Waals surface area contributed by atoms with E-state index in [0.717, 1.165) is 35.8 Å². The lowest BCUT2D eigenvalue weighted by Crippen LogP contribution is -2.35. The summed E-state index contributed by atoms with van der Waals surface area (Å²) in [6, 6.07) is 11.8. The molecule has 0 bridgehead atoms. The Kier molecular flexibility index (Phi) is 3.71. The lowest BCUT2D eigenvalue weighted by atomic mass is 9.90. The lowest BCUT2D eigenvalue weighted by Gasteiger charge is -2.34. The molecule has 0 fully saturated rings. The first-order chi connectivity index (χ1) is 13.3. The number of likely N-dealkylation sites (N-methyl/N-ethyl adjacent to an activating group) is 1. The Bertz CT molecular complexity index is 989. The molecule has 1 aromatic heterocycles. The molecule has 3 heterocycles. The van der Waals surface area contributed by atoms with E-state index < -0.39 is 0 Å². The summed E-state index contributed by atoms with van der Waals surface area (Å²) in [6.45, 7) is 1.08. The van der Waals surface area contributed by atoms with Crippen molar-refractivity contribution in [3.05, 3.63) is 53.3 Å². The van der Waals surface area contributed by atoms with E-state index in [1.165, 1.54) is 5.56 Å². The summed E-state index contributed by atoms with van der Waals surface area (Å²) in [4.78, 5) is 2.23. The van der Waals surface area contributed by atoms with Gasteiger partial charge in [0, 0.05) is 12.1 Å². The van der Waals surface area contributed by atoms with Crippen LogP contribution in [0.3, 0.4) is 0 Å². The number of methoxy groups -OCH3 is 1. The number of rotatable bonds is 3. The predicted molar refractivity (Wildman–Crippen MR) is 96.4 cm³/mol. The Hall–Kier alpha value is -3.13. The van der Waals surface area contributed by atoms with Gasteiger partial charge in [-0.15, -0.1) is 5.10 Å². The maximum absolute atomic E-state index is 5.77. The van der Waals surface area contributed by atoms with E-state index in [1.807, 2.05) is 30.3 Å². The number of para-hydroxylation sites is 1. The van der Waals surface area contributed by atoms with Crippen LogP contribution in [-0.2, 0) is 6.42 Å². The molecule has 138 valence electrons. The molecule has 0 amide bonds. The summed E-state index contributed by atoms with van der Waals surface area (Å²) in [5.41, 5.74) is 3.11. The molecular weight excluding hydrogens is 346 g/mol. The van der Waals surface area contributed by atoms with Gasteiger partial charge in [0.15, 0.2) is 17.3 Å². The van der Waals surface area contributed by atoms with Crippen molar-refractivity contribution in [1.82, 2.24) is 25.1 Å². The molecular formula is C19H19N5O3. The third-order valence-corrected chi connectivity index (χ3v) is 5.13. The molecule has 5 rings (SSSR count). The number of ether oxygens (including phenoxy) is 3. The van der Waals surface area contributed by atoms with Gasteiger partial charge in [0.2, 0.25) is 12.5 Å². The first kappa shape index (κ1) is 16.1. The smallest absolute Gasteiger partial charge is 0.231 e. The minimum absolute atomic E-state index is 0.159. The van der Waals surface area contributed by atoms with E-state index in [-0.39, 0.29) is 12.8 Å². The molecule has 0 saturated carbocycles. The van der Waals surface area contributed by atoms with Crippen LogP contribution in [-0.4, -0.2) is 52.6 Å². The highest BCUT2D eigenvalue weighted by molar-refractivity contribution is 5.62. The van der Waals surface area contributed by atoms with Crippen LogP contribution in [0.2, 0.25) is 0 Å². The van der Waals surface area contributed by atoms with Crippen LogP contribution in [0, 0.1) is 0 Å². The Balaban J connectivity index is 1.71. The number of hydrogen-bond donors (Lipinski definition) is 0. The minimum Gasteiger partial charge on any atom is -0.492 e. The van der Waals surface area contributed by atoms with Gasteiger partial charge in [-0.3, -0.25) is 4.90 Å². The van der Waals surface area contributed by atoms with Crippen molar-refractivity contribution < 1.29 is 14.2 Å². The molecule has 8 heteroatoms. The normalized spacial score (nSPS) is 18.4. The fraction of sp³-hybridized carbons (Fsp3) is 0.316. The molecule has 3 aromatic rings. The summed E-state index contributed by atoms with van der Waals surface area (Å²) >= 11 is 0. The topological polar surface area (TPSA) is 74.5 Å². The fourth-order valence-electron chi connectivity index (χ4n) is 3.88. The zero-order valence-electron chi connectivity index (χ0n) is 15.1. The van der Waals surface area contributed by atoms with Gasteiger partial charge in [0.05, 0.1) is 12.8 Å². The van der Waals surface area contributed by atoms with E-state index in [2.05, 4.69) is 33.5 Å². The van der Waals surface area contributed by atoms with Gasteiger partial charge >= 0.3 is 0 Å². The SMILES string of the molecule is COc1c2c(cc3c1[C@@H](c1nnnn1-c1ccccc1)N(C)CC3)OCO2. The molecule has 2 aromatic carbocycles. The Morgan fingerprint density at radius 2 is 2.04 bits per heavy atom. The summed E-state index contributed by atoms with van der Waals surface area (Å²) in [7, 11) is 3.73. The van der Waals surface area contributed by atoms with E-state index in [1.54, 1.807) is 11.8 Å². The molecule has 0 radical (unpaired) electrons. The minimum atomic E-state index is -0.159. The van der Waals surface area contributed by atoms with Gasteiger partial charge < -0.3 is 14.2 Å². The third kappa shape index (κ3) is 2.44. The van der Waals surface area contributed by atoms with E-state index >= 15 is 0 Å². The van der Waals surface area contributed by atoms with Crippen molar-refractivity contribution >= 4 is 0 Å². The highest BCUT2D eigenvalue weighted by Gasteiger charge is 2.37. The first-order valence-electron chi connectivity index (χ1n) is 8.81. The molecule has 2 aliphatic rings. The predicted octanol–water partition coefficient (Wildman–Crippen LogP) is 1.98. The first-order valence-corrected chi connectivity index (χ1v) is 8.81. The second-order valence-electron chi connectivity index (χ2n) is 6.63. The maximum atomic E-state index is 5.77. The molecule has 0 unspecified atom stereocenters. The fourth-order valence-corrected chi connectivity index (χ4v) is 3.88. The van der Waals surface area contributed by atoms with Gasteiger partial charge in [0.1, 0.15) is 6.04 Å². The zero-order chi connectivity index (χ0) is 18.4. The van der Waals surface area contributed by atoms with Crippen molar-refractivity contribution in [3.8, 4) is 22.9 Å². The average molecular weight is 365 g/mol. The van der Waals surface area contributed by atoms with Crippen molar-refractivity contribution in [2.75, 3.05) is 27.5 Å². The zero-order valence-corrected chi connectivity index (χ0v) is 15.1. The average Bonchev–Trinajstić information content (AvgIpc) is 3.36. The summed E-state index contributed by atoms with van der Waals surface area (Å²) in [6.07, 6.45) is 0.891. The Labute approximate surface area is 156 Å². The van der Waals surface area contributed by atoms with E-state index in [0.29, 0.717) is 11.5 Å². The number of tetrazole rings is 1. The van der Waals surface area contributed by atoms with Crippen LogP contribution >= 0.6 is 0 Å². The third-order valence-electron chi connectivity index (χ3n) is 5.13. The second kappa shape index (κ2) is 6.24. The Morgan fingerprint density at radius 3 is 2.85 bits per heavy atom. The molecule has 0 saturated heterocycles. The van der Waals surface area contributed by atoms with Crippen LogP contribution in [0.1, 0.15) is 23.0 Å². The number of fused-ring (bicyclic) bond motifs is 2. The van der Waals surface area contributed by atoms with Gasteiger partial charge in [-0.1, -0.05) is 18.2 Å². The van der Waals surface area contributed by atoms with E-state index in [9.17, 15) is 0 Å². The Morgan fingerprint density at radius 1 is 1.19 bits per heavy atom. The molecule has 0 spiro atoms. The van der Waals surface area contributed by atoms with Gasteiger partial charge in [-0.25, -0.2) is 0 Å². The quantitative estimate of drug-likeness (QED) is 0.702. The standard InChI is InChI=1S/C19H19N5O3/c1-23-9-8-12-10-14-17(27-11-26-14)18(25-2)15(12)16(23)19-20-21-22-24(19)13-6-4-3-5-7-13/h3-7,10,16H,8-9,11H2,1-2H3/t16-/m0/s1. The van der Waals surface area contributed by atoms with Crippen LogP contribution in [0.5, 0.6) is 17.2 Å². The second-order valence-corrected chi connectivity index (χ2v) is 6.63. The van der Waals surface area contributed by atoms with Gasteiger partial charge in [-0.2, -0.15) is 4.68 Å². The largest absolute Gasteiger partial charge is 0.492 e. The van der Waals surface area contributed by atoms with Crippen molar-refractivity contribution in [1.29, 1.82) is 0 Å². The summed E-state index contributed by atoms with van der Waals surface area (Å²) in [5.74, 6) is 2.81. The van der Waals surface area contributed by atoms with Crippen LogP contribution in [0.25, 0.3) is 5.69 Å². The number of benzene rings is 2. The highest BCUT2D eigenvalue weighted by atomic mass is 16.7. The molecule has 2 aliphatic heterocycles. The molecule has 0 aliphatic carbocycles. The van der Waals surface area contributed by atoms with Gasteiger partial charge in [0.25, 0.3) is 0 Å². The monoisotopic (exact) mass is 365 g/mol. The number of nitrogens with zero attached hydrogens (tertiary/aromatic N) is 5. The maximum Gasteiger partial charge on any atom is 0.231 e.